The minimum atomic E-state index is -3.88. The van der Waals surface area contributed by atoms with Crippen LogP contribution in [0.1, 0.15) is 17.7 Å². The van der Waals surface area contributed by atoms with Crippen LogP contribution in [0, 0.1) is 6.92 Å². The van der Waals surface area contributed by atoms with Gasteiger partial charge in [-0.25, -0.2) is 8.42 Å². The highest BCUT2D eigenvalue weighted by atomic mass is 35.5. The number of hydrogen-bond acceptors (Lipinski definition) is 4. The van der Waals surface area contributed by atoms with Crippen molar-refractivity contribution in [1.82, 2.24) is 4.98 Å². The van der Waals surface area contributed by atoms with Gasteiger partial charge in [-0.05, 0) is 55.3 Å². The molecule has 0 fully saturated rings. The van der Waals surface area contributed by atoms with Crippen molar-refractivity contribution < 1.29 is 13.2 Å². The van der Waals surface area contributed by atoms with Gasteiger partial charge in [-0.2, -0.15) is 0 Å². The maximum Gasteiger partial charge on any atom is 0.262 e. The van der Waals surface area contributed by atoms with Gasteiger partial charge in [0.25, 0.3) is 10.0 Å². The van der Waals surface area contributed by atoms with Crippen LogP contribution in [-0.2, 0) is 21.2 Å². The summed E-state index contributed by atoms with van der Waals surface area (Å²) < 4.78 is 28.2. The van der Waals surface area contributed by atoms with E-state index in [1.807, 2.05) is 18.2 Å². The zero-order valence-corrected chi connectivity index (χ0v) is 17.3. The Hall–Kier alpha value is -2.90. The molecule has 150 valence electrons. The monoisotopic (exact) mass is 429 g/mol. The molecule has 0 saturated heterocycles. The highest BCUT2D eigenvalue weighted by Crippen LogP contribution is 2.26. The molecule has 0 spiro atoms. The molecule has 0 saturated carbocycles. The second-order valence-electron chi connectivity index (χ2n) is 6.43. The Labute approximate surface area is 175 Å². The lowest BCUT2D eigenvalue weighted by Crippen LogP contribution is -2.16. The van der Waals surface area contributed by atoms with Crippen molar-refractivity contribution in [3.8, 4) is 0 Å². The van der Waals surface area contributed by atoms with E-state index < -0.39 is 10.0 Å². The van der Waals surface area contributed by atoms with Crippen molar-refractivity contribution in [1.29, 1.82) is 0 Å². The first-order chi connectivity index (χ1) is 13.8. The molecular formula is C21H20ClN3O3S. The SMILES string of the molecule is Cc1ccc(NC(=O)CCc2ccccn2)cc1S(=O)(=O)Nc1ccccc1Cl. The van der Waals surface area contributed by atoms with Crippen LogP contribution < -0.4 is 10.0 Å². The summed E-state index contributed by atoms with van der Waals surface area (Å²) in [6, 6.07) is 16.9. The summed E-state index contributed by atoms with van der Waals surface area (Å²) in [6.45, 7) is 1.69. The van der Waals surface area contributed by atoms with Crippen LogP contribution in [0.4, 0.5) is 11.4 Å². The van der Waals surface area contributed by atoms with Gasteiger partial charge in [0.1, 0.15) is 0 Å². The van der Waals surface area contributed by atoms with Crippen LogP contribution in [0.5, 0.6) is 0 Å². The van der Waals surface area contributed by atoms with Crippen LogP contribution in [0.3, 0.4) is 0 Å². The summed E-state index contributed by atoms with van der Waals surface area (Å²) in [5.41, 5.74) is 2.06. The number of carbonyl (C=O) groups excluding carboxylic acids is 1. The minimum Gasteiger partial charge on any atom is -0.326 e. The number of para-hydroxylation sites is 1. The zero-order chi connectivity index (χ0) is 20.9. The normalized spacial score (nSPS) is 11.1. The molecule has 1 aromatic heterocycles. The van der Waals surface area contributed by atoms with Crippen molar-refractivity contribution in [3.05, 3.63) is 83.1 Å². The van der Waals surface area contributed by atoms with Crippen molar-refractivity contribution >= 4 is 38.9 Å². The number of nitrogens with zero attached hydrogens (tertiary/aromatic N) is 1. The number of anilines is 2. The smallest absolute Gasteiger partial charge is 0.262 e. The molecule has 29 heavy (non-hydrogen) atoms. The molecular weight excluding hydrogens is 410 g/mol. The lowest BCUT2D eigenvalue weighted by molar-refractivity contribution is -0.116. The number of aryl methyl sites for hydroxylation is 2. The van der Waals surface area contributed by atoms with Crippen molar-refractivity contribution in [2.45, 2.75) is 24.7 Å². The van der Waals surface area contributed by atoms with Gasteiger partial charge in [-0.3, -0.25) is 14.5 Å². The average Bonchev–Trinajstić information content (AvgIpc) is 2.70. The third kappa shape index (κ3) is 5.56. The number of hydrogen-bond donors (Lipinski definition) is 2. The molecule has 6 nitrogen and oxygen atoms in total. The average molecular weight is 430 g/mol. The molecule has 1 heterocycles. The largest absolute Gasteiger partial charge is 0.326 e. The fraction of sp³-hybridized carbons (Fsp3) is 0.143. The molecule has 0 radical (unpaired) electrons. The van der Waals surface area contributed by atoms with Gasteiger partial charge in [0, 0.05) is 24.0 Å². The molecule has 2 aromatic carbocycles. The van der Waals surface area contributed by atoms with E-state index in [1.54, 1.807) is 49.5 Å². The Kier molecular flexibility index (Phi) is 6.51. The summed E-state index contributed by atoms with van der Waals surface area (Å²) in [7, 11) is -3.88. The topological polar surface area (TPSA) is 88.2 Å². The Morgan fingerprint density at radius 1 is 1.07 bits per heavy atom. The molecule has 1 amide bonds. The van der Waals surface area contributed by atoms with Gasteiger partial charge in [-0.15, -0.1) is 0 Å². The Morgan fingerprint density at radius 3 is 2.55 bits per heavy atom. The standard InChI is InChI=1S/C21H20ClN3O3S/c1-15-9-10-17(24-21(26)12-11-16-6-4-5-13-23-16)14-20(15)29(27,28)25-19-8-3-2-7-18(19)22/h2-10,13-14,25H,11-12H2,1H3,(H,24,26). The number of nitrogens with one attached hydrogen (secondary N) is 2. The van der Waals surface area contributed by atoms with Crippen LogP contribution in [0.15, 0.2) is 71.8 Å². The lowest BCUT2D eigenvalue weighted by atomic mass is 10.2. The molecule has 3 rings (SSSR count). The third-order valence-electron chi connectivity index (χ3n) is 4.21. The summed E-state index contributed by atoms with van der Waals surface area (Å²) in [5, 5.41) is 3.04. The zero-order valence-electron chi connectivity index (χ0n) is 15.7. The molecule has 0 aliphatic rings. The number of sulfonamides is 1. The van der Waals surface area contributed by atoms with Crippen molar-refractivity contribution in [2.24, 2.45) is 0 Å². The van der Waals surface area contributed by atoms with Gasteiger partial charge in [-0.1, -0.05) is 35.9 Å². The first kappa shape index (κ1) is 20.8. The van der Waals surface area contributed by atoms with E-state index in [0.29, 0.717) is 28.4 Å². The quantitative estimate of drug-likeness (QED) is 0.582. The maximum atomic E-state index is 12.8. The van der Waals surface area contributed by atoms with E-state index >= 15 is 0 Å². The van der Waals surface area contributed by atoms with E-state index in [1.165, 1.54) is 6.07 Å². The van der Waals surface area contributed by atoms with Crippen LogP contribution in [0.25, 0.3) is 0 Å². The first-order valence-corrected chi connectivity index (χ1v) is 10.8. The van der Waals surface area contributed by atoms with Crippen LogP contribution >= 0.6 is 11.6 Å². The predicted molar refractivity (Wildman–Crippen MR) is 115 cm³/mol. The van der Waals surface area contributed by atoms with Gasteiger partial charge >= 0.3 is 0 Å². The van der Waals surface area contributed by atoms with E-state index in [2.05, 4.69) is 15.0 Å². The molecule has 3 aromatic rings. The van der Waals surface area contributed by atoms with Crippen LogP contribution in [-0.4, -0.2) is 19.3 Å². The van der Waals surface area contributed by atoms with E-state index in [9.17, 15) is 13.2 Å². The van der Waals surface area contributed by atoms with Crippen molar-refractivity contribution in [2.75, 3.05) is 10.0 Å². The van der Waals surface area contributed by atoms with Crippen molar-refractivity contribution in [3.63, 3.8) is 0 Å². The second-order valence-corrected chi connectivity index (χ2v) is 8.49. The number of carbonyl (C=O) groups is 1. The molecule has 0 bridgehead atoms. The van der Waals surface area contributed by atoms with E-state index in [4.69, 9.17) is 11.6 Å². The summed E-state index contributed by atoms with van der Waals surface area (Å²) >= 11 is 6.05. The highest BCUT2D eigenvalue weighted by Gasteiger charge is 2.19. The molecule has 2 N–H and O–H groups in total. The Balaban J connectivity index is 1.73. The first-order valence-electron chi connectivity index (χ1n) is 8.93. The van der Waals surface area contributed by atoms with E-state index in [-0.39, 0.29) is 17.2 Å². The number of amides is 1. The second kappa shape index (κ2) is 9.07. The highest BCUT2D eigenvalue weighted by molar-refractivity contribution is 7.92. The maximum absolute atomic E-state index is 12.8. The number of aromatic nitrogens is 1. The fourth-order valence-electron chi connectivity index (χ4n) is 2.72. The number of rotatable bonds is 7. The molecule has 0 atom stereocenters. The summed E-state index contributed by atoms with van der Waals surface area (Å²) in [5.74, 6) is -0.220. The third-order valence-corrected chi connectivity index (χ3v) is 6.05. The summed E-state index contributed by atoms with van der Waals surface area (Å²) in [4.78, 5) is 16.5. The van der Waals surface area contributed by atoms with Gasteiger partial charge in [0.2, 0.25) is 5.91 Å². The number of benzene rings is 2. The summed E-state index contributed by atoms with van der Waals surface area (Å²) in [6.07, 6.45) is 2.42. The number of pyridine rings is 1. The fourth-order valence-corrected chi connectivity index (χ4v) is 4.31. The van der Waals surface area contributed by atoms with Crippen LogP contribution in [0.2, 0.25) is 5.02 Å². The molecule has 0 unspecified atom stereocenters. The van der Waals surface area contributed by atoms with Gasteiger partial charge in [0.15, 0.2) is 0 Å². The lowest BCUT2D eigenvalue weighted by Gasteiger charge is -2.13. The Morgan fingerprint density at radius 2 is 1.83 bits per heavy atom. The minimum absolute atomic E-state index is 0.0694. The van der Waals surface area contributed by atoms with E-state index in [0.717, 1.165) is 5.69 Å². The Bertz CT molecular complexity index is 1120. The molecule has 0 aliphatic heterocycles. The predicted octanol–water partition coefficient (Wildman–Crippen LogP) is 4.42. The van der Waals surface area contributed by atoms with Gasteiger partial charge < -0.3 is 5.32 Å². The van der Waals surface area contributed by atoms with Gasteiger partial charge in [0.05, 0.1) is 15.6 Å². The number of halogens is 1. The molecule has 8 heteroatoms. The molecule has 0 aliphatic carbocycles.